The average molecular weight is 499 g/mol. The molecular weight excluding hydrogens is 464 g/mol. The quantitative estimate of drug-likeness (QED) is 0.483. The zero-order valence-corrected chi connectivity index (χ0v) is 20.5. The maximum Gasteiger partial charge on any atom is 0.303 e. The Hall–Kier alpha value is -2.82. The van der Waals surface area contributed by atoms with Crippen LogP contribution in [0.4, 0.5) is 5.69 Å². The Morgan fingerprint density at radius 2 is 1.64 bits per heavy atom. The Kier molecular flexibility index (Phi) is 9.06. The van der Waals surface area contributed by atoms with E-state index in [9.17, 15) is 14.7 Å². The first-order valence-corrected chi connectivity index (χ1v) is 12.3. The summed E-state index contributed by atoms with van der Waals surface area (Å²) in [6.07, 6.45) is -1.15. The molecule has 0 aliphatic carbocycles. The van der Waals surface area contributed by atoms with Gasteiger partial charge in [0.2, 0.25) is 5.91 Å². The fraction of sp³-hybridized carbons (Fsp3) is 0.481. The molecule has 36 heavy (non-hydrogen) atoms. The van der Waals surface area contributed by atoms with Gasteiger partial charge in [0.1, 0.15) is 0 Å². The summed E-state index contributed by atoms with van der Waals surface area (Å²) >= 11 is 0. The van der Waals surface area contributed by atoms with Gasteiger partial charge in [0.05, 0.1) is 38.4 Å². The predicted molar refractivity (Wildman–Crippen MR) is 132 cm³/mol. The number of aliphatic carboxylic acids is 1. The van der Waals surface area contributed by atoms with Crippen LogP contribution in [0.15, 0.2) is 48.5 Å². The minimum absolute atomic E-state index is 0.00799. The van der Waals surface area contributed by atoms with Gasteiger partial charge in [0.25, 0.3) is 0 Å². The third kappa shape index (κ3) is 6.89. The minimum Gasteiger partial charge on any atom is -0.481 e. The second-order valence-corrected chi connectivity index (χ2v) is 9.30. The van der Waals surface area contributed by atoms with Gasteiger partial charge in [-0.05, 0) is 23.3 Å². The number of nitrogens with zero attached hydrogens (tertiary/aromatic N) is 1. The first kappa shape index (κ1) is 26.2. The topological polar surface area (TPSA) is 118 Å². The molecule has 1 amide bonds. The molecular formula is C27H34N2O7. The lowest BCUT2D eigenvalue weighted by Gasteiger charge is -2.43. The number of carboxylic acid groups (broad SMARTS) is 1. The lowest BCUT2D eigenvalue weighted by atomic mass is 9.90. The van der Waals surface area contributed by atoms with Crippen molar-refractivity contribution >= 4 is 17.6 Å². The number of carbonyl (C=O) groups is 2. The lowest BCUT2D eigenvalue weighted by Crippen LogP contribution is -2.47. The van der Waals surface area contributed by atoms with Gasteiger partial charge in [-0.15, -0.1) is 0 Å². The summed E-state index contributed by atoms with van der Waals surface area (Å²) in [6.45, 7) is 6.06. The van der Waals surface area contributed by atoms with Crippen molar-refractivity contribution in [3.05, 3.63) is 65.2 Å². The predicted octanol–water partition coefficient (Wildman–Crippen LogP) is 3.11. The molecule has 9 nitrogen and oxygen atoms in total. The second kappa shape index (κ2) is 12.4. The first-order valence-electron chi connectivity index (χ1n) is 12.3. The van der Waals surface area contributed by atoms with Crippen LogP contribution in [-0.4, -0.2) is 65.9 Å². The summed E-state index contributed by atoms with van der Waals surface area (Å²) in [7, 11) is 0. The van der Waals surface area contributed by atoms with E-state index < -0.39 is 12.3 Å². The number of nitrogens with one attached hydrogen (secondary N) is 1. The van der Waals surface area contributed by atoms with Gasteiger partial charge < -0.3 is 29.7 Å². The average Bonchev–Trinajstić information content (AvgIpc) is 2.90. The number of aliphatic hydroxyl groups excluding tert-OH is 1. The van der Waals surface area contributed by atoms with E-state index in [1.165, 1.54) is 0 Å². The fourth-order valence-corrected chi connectivity index (χ4v) is 4.53. The van der Waals surface area contributed by atoms with Crippen molar-refractivity contribution in [1.29, 1.82) is 0 Å². The summed E-state index contributed by atoms with van der Waals surface area (Å²) < 4.78 is 18.4. The van der Waals surface area contributed by atoms with Gasteiger partial charge in [-0.2, -0.15) is 0 Å². The molecule has 2 saturated heterocycles. The Morgan fingerprint density at radius 1 is 0.972 bits per heavy atom. The monoisotopic (exact) mass is 498 g/mol. The summed E-state index contributed by atoms with van der Waals surface area (Å²) in [6, 6.07) is 15.1. The highest BCUT2D eigenvalue weighted by molar-refractivity contribution is 5.92. The van der Waals surface area contributed by atoms with Crippen molar-refractivity contribution in [3.8, 4) is 0 Å². The third-order valence-electron chi connectivity index (χ3n) is 6.70. The molecule has 0 aromatic heterocycles. The maximum absolute atomic E-state index is 12.0. The van der Waals surface area contributed by atoms with Gasteiger partial charge in [-0.3, -0.25) is 14.5 Å². The van der Waals surface area contributed by atoms with E-state index >= 15 is 0 Å². The number of rotatable bonds is 9. The fourth-order valence-electron chi connectivity index (χ4n) is 4.53. The third-order valence-corrected chi connectivity index (χ3v) is 6.70. The van der Waals surface area contributed by atoms with Crippen molar-refractivity contribution in [2.75, 3.05) is 38.2 Å². The Balaban J connectivity index is 1.50. The number of carbonyl (C=O) groups excluding carboxylic acids is 1. The van der Waals surface area contributed by atoms with Crippen LogP contribution in [0.1, 0.15) is 48.8 Å². The van der Waals surface area contributed by atoms with Gasteiger partial charge in [-0.25, -0.2) is 0 Å². The molecule has 0 bridgehead atoms. The number of hydrogen-bond donors (Lipinski definition) is 3. The lowest BCUT2D eigenvalue weighted by molar-refractivity contribution is -0.277. The molecule has 4 atom stereocenters. The van der Waals surface area contributed by atoms with E-state index in [0.717, 1.165) is 36.3 Å². The van der Waals surface area contributed by atoms with Crippen LogP contribution in [0.2, 0.25) is 0 Å². The van der Waals surface area contributed by atoms with Crippen molar-refractivity contribution in [2.45, 2.75) is 44.9 Å². The van der Waals surface area contributed by atoms with Gasteiger partial charge in [0.15, 0.2) is 6.29 Å². The number of carboxylic acids is 1. The van der Waals surface area contributed by atoms with Crippen LogP contribution >= 0.6 is 0 Å². The van der Waals surface area contributed by atoms with E-state index in [1.54, 1.807) is 12.1 Å². The largest absolute Gasteiger partial charge is 0.481 e. The summed E-state index contributed by atoms with van der Waals surface area (Å²) in [5, 5.41) is 20.9. The van der Waals surface area contributed by atoms with E-state index in [0.29, 0.717) is 18.9 Å². The number of hydrogen-bond acceptors (Lipinski definition) is 7. The Bertz CT molecular complexity index is 1010. The molecule has 9 heteroatoms. The summed E-state index contributed by atoms with van der Waals surface area (Å²) in [4.78, 5) is 25.0. The van der Waals surface area contributed by atoms with Crippen molar-refractivity contribution in [2.24, 2.45) is 5.92 Å². The highest BCUT2D eigenvalue weighted by Gasteiger charge is 2.39. The molecule has 0 unspecified atom stereocenters. The molecule has 0 spiro atoms. The standard InChI is InChI=1S/C27H34N2O7/c1-18-23(16-29-12-14-34-15-13-29)35-27(36-26(18)20-4-2-19(17-30)3-5-20)21-6-8-22(9-7-21)28-24(31)10-11-25(32)33/h2-9,18,23,26-27,30H,10-17H2,1H3,(H,28,31)(H,32,33)/t18-,23+,26+,27+/m1/s1. The van der Waals surface area contributed by atoms with E-state index in [2.05, 4.69) is 17.1 Å². The molecule has 2 fully saturated rings. The zero-order chi connectivity index (χ0) is 25.5. The van der Waals surface area contributed by atoms with Crippen molar-refractivity contribution < 1.29 is 34.0 Å². The summed E-state index contributed by atoms with van der Waals surface area (Å²) in [5.74, 6) is -1.26. The minimum atomic E-state index is -1.01. The highest BCUT2D eigenvalue weighted by atomic mass is 16.7. The van der Waals surface area contributed by atoms with E-state index in [4.69, 9.17) is 19.3 Å². The van der Waals surface area contributed by atoms with Crippen LogP contribution in [0.5, 0.6) is 0 Å². The number of anilines is 1. The molecule has 2 aliphatic rings. The zero-order valence-electron chi connectivity index (χ0n) is 20.5. The van der Waals surface area contributed by atoms with Crippen molar-refractivity contribution in [1.82, 2.24) is 4.90 Å². The molecule has 0 saturated carbocycles. The number of benzene rings is 2. The van der Waals surface area contributed by atoms with Gasteiger partial charge in [-0.1, -0.05) is 43.3 Å². The molecule has 194 valence electrons. The normalized spacial score (nSPS) is 24.8. The maximum atomic E-state index is 12.0. The van der Waals surface area contributed by atoms with E-state index in [-0.39, 0.29) is 43.5 Å². The Labute approximate surface area is 211 Å². The van der Waals surface area contributed by atoms with Crippen molar-refractivity contribution in [3.63, 3.8) is 0 Å². The van der Waals surface area contributed by atoms with Crippen LogP contribution in [0.25, 0.3) is 0 Å². The number of aliphatic hydroxyl groups is 1. The van der Waals surface area contributed by atoms with Gasteiger partial charge in [0, 0.05) is 43.2 Å². The number of ether oxygens (including phenoxy) is 3. The number of morpholine rings is 1. The second-order valence-electron chi connectivity index (χ2n) is 9.30. The Morgan fingerprint density at radius 3 is 2.28 bits per heavy atom. The molecule has 4 rings (SSSR count). The SMILES string of the molecule is C[C@@H]1[C@H](CN2CCOCC2)O[C@H](c2ccc(NC(=O)CCC(=O)O)cc2)O[C@@H]1c1ccc(CO)cc1. The smallest absolute Gasteiger partial charge is 0.303 e. The van der Waals surface area contributed by atoms with Crippen LogP contribution < -0.4 is 5.32 Å². The van der Waals surface area contributed by atoms with E-state index in [1.807, 2.05) is 36.4 Å². The molecule has 0 radical (unpaired) electrons. The van der Waals surface area contributed by atoms with Crippen LogP contribution in [-0.2, 0) is 30.4 Å². The molecule has 2 aromatic carbocycles. The van der Waals surface area contributed by atoms with Gasteiger partial charge >= 0.3 is 5.97 Å². The van der Waals surface area contributed by atoms with Crippen LogP contribution in [0.3, 0.4) is 0 Å². The number of amides is 1. The molecule has 2 aromatic rings. The summed E-state index contributed by atoms with van der Waals surface area (Å²) in [5.41, 5.74) is 3.29. The highest BCUT2D eigenvalue weighted by Crippen LogP contribution is 2.42. The first-order chi connectivity index (χ1) is 17.4. The van der Waals surface area contributed by atoms with Crippen LogP contribution in [0, 0.1) is 5.92 Å². The molecule has 3 N–H and O–H groups in total. The molecule has 2 heterocycles. The molecule has 2 aliphatic heterocycles.